The molecule has 1 fully saturated rings. The first-order valence-electron chi connectivity index (χ1n) is 16.3. The van der Waals surface area contributed by atoms with Crippen molar-refractivity contribution in [2.24, 2.45) is 16.1 Å². The maximum atomic E-state index is 13.7. The molecule has 0 aliphatic heterocycles. The van der Waals surface area contributed by atoms with E-state index in [0.29, 0.717) is 38.3 Å². The number of aliphatic imine (C=N–C) groups is 1. The summed E-state index contributed by atoms with van der Waals surface area (Å²) in [5.41, 5.74) is 9.24. The van der Waals surface area contributed by atoms with Gasteiger partial charge in [0, 0.05) is 30.0 Å². The molecular formula is C36H49ClF3N9O3. The molecule has 284 valence electrons. The number of benzene rings is 2. The largest absolute Gasteiger partial charge is 0.408 e. The number of halogens is 4. The SMILES string of the molecule is CC(C)(C)C.CC1(NC=O)CC1.CNC(C(=O)N(C=N)C(COC)c1ccc(Cl)c(C(N)=NC=N)c1)c1ccc(-c2cnn(CC(F)(F)F)c2)cc1. The number of amidine groups is 1. The Balaban J connectivity index is 0.000000661. The molecule has 1 aliphatic rings. The van der Waals surface area contributed by atoms with E-state index in [1.165, 1.54) is 24.4 Å². The highest BCUT2D eigenvalue weighted by atomic mass is 35.5. The fraction of sp³-hybridized carbons (Fsp3) is 0.444. The Hall–Kier alpha value is -4.60. The fourth-order valence-electron chi connectivity index (χ4n) is 4.59. The summed E-state index contributed by atoms with van der Waals surface area (Å²) in [6.07, 6.45) is 3.01. The Kier molecular flexibility index (Phi) is 16.2. The summed E-state index contributed by atoms with van der Waals surface area (Å²) in [6.45, 7) is 9.64. The van der Waals surface area contributed by atoms with E-state index in [9.17, 15) is 22.8 Å². The molecule has 1 saturated carbocycles. The van der Waals surface area contributed by atoms with Crippen LogP contribution in [-0.4, -0.2) is 78.0 Å². The van der Waals surface area contributed by atoms with Crippen LogP contribution in [0.4, 0.5) is 13.2 Å². The Morgan fingerprint density at radius 2 is 1.73 bits per heavy atom. The highest BCUT2D eigenvalue weighted by Gasteiger charge is 2.36. The van der Waals surface area contributed by atoms with Gasteiger partial charge < -0.3 is 21.1 Å². The number of hydrogen-bond acceptors (Lipinski definition) is 7. The molecule has 3 aromatic rings. The van der Waals surface area contributed by atoms with Crippen molar-refractivity contribution in [2.45, 2.75) is 77.8 Å². The van der Waals surface area contributed by atoms with Crippen LogP contribution in [0.5, 0.6) is 0 Å². The van der Waals surface area contributed by atoms with Crippen LogP contribution >= 0.6 is 11.6 Å². The summed E-state index contributed by atoms with van der Waals surface area (Å²) in [5, 5.41) is 24.9. The molecule has 52 heavy (non-hydrogen) atoms. The van der Waals surface area contributed by atoms with Gasteiger partial charge in [-0.15, -0.1) is 0 Å². The Morgan fingerprint density at radius 1 is 1.13 bits per heavy atom. The van der Waals surface area contributed by atoms with Gasteiger partial charge in [-0.05, 0) is 61.1 Å². The quantitative estimate of drug-likeness (QED) is 0.0715. The summed E-state index contributed by atoms with van der Waals surface area (Å²) < 4.78 is 44.2. The number of methoxy groups -OCH3 is 1. The smallest absolute Gasteiger partial charge is 0.383 e. The molecule has 0 radical (unpaired) electrons. The second-order valence-electron chi connectivity index (χ2n) is 13.9. The van der Waals surface area contributed by atoms with E-state index in [0.717, 1.165) is 36.6 Å². The number of likely N-dealkylation sites (N-methyl/N-ethyl adjacent to an activating group) is 1. The van der Waals surface area contributed by atoms with Crippen molar-refractivity contribution in [1.82, 2.24) is 25.3 Å². The van der Waals surface area contributed by atoms with Gasteiger partial charge in [-0.2, -0.15) is 18.3 Å². The van der Waals surface area contributed by atoms with Gasteiger partial charge in [0.05, 0.1) is 30.2 Å². The zero-order valence-corrected chi connectivity index (χ0v) is 31.3. The minimum absolute atomic E-state index is 0.0166. The van der Waals surface area contributed by atoms with Gasteiger partial charge in [0.25, 0.3) is 0 Å². The summed E-state index contributed by atoms with van der Waals surface area (Å²) in [5.74, 6) is -0.439. The molecule has 0 bridgehead atoms. The van der Waals surface area contributed by atoms with Crippen LogP contribution in [-0.2, 0) is 20.9 Å². The third-order valence-electron chi connectivity index (χ3n) is 7.40. The van der Waals surface area contributed by atoms with Gasteiger partial charge in [-0.3, -0.25) is 30.0 Å². The van der Waals surface area contributed by atoms with E-state index < -0.39 is 30.7 Å². The molecule has 16 heteroatoms. The number of nitrogens with zero attached hydrogens (tertiary/aromatic N) is 4. The topological polar surface area (TPSA) is 175 Å². The molecule has 0 spiro atoms. The van der Waals surface area contributed by atoms with Crippen molar-refractivity contribution in [3.63, 3.8) is 0 Å². The van der Waals surface area contributed by atoms with E-state index >= 15 is 0 Å². The molecule has 0 saturated heterocycles. The number of nitrogens with two attached hydrogens (primary N) is 1. The number of rotatable bonds is 14. The van der Waals surface area contributed by atoms with Crippen LogP contribution < -0.4 is 16.4 Å². The van der Waals surface area contributed by atoms with Gasteiger partial charge in [0.2, 0.25) is 12.3 Å². The number of carbonyl (C=O) groups is 2. The predicted octanol–water partition coefficient (Wildman–Crippen LogP) is 6.50. The van der Waals surface area contributed by atoms with Crippen LogP contribution in [0.25, 0.3) is 11.1 Å². The number of aromatic nitrogens is 2. The lowest BCUT2D eigenvalue weighted by molar-refractivity contribution is -0.142. The molecule has 4 rings (SSSR count). The molecule has 2 aromatic carbocycles. The molecule has 1 heterocycles. The van der Waals surface area contributed by atoms with Crippen LogP contribution in [0.3, 0.4) is 0 Å². The number of amides is 2. The molecule has 2 amide bonds. The first-order valence-corrected chi connectivity index (χ1v) is 16.7. The van der Waals surface area contributed by atoms with Crippen LogP contribution in [0, 0.1) is 16.2 Å². The lowest BCUT2D eigenvalue weighted by Gasteiger charge is -2.31. The van der Waals surface area contributed by atoms with Gasteiger partial charge in [-0.25, -0.2) is 4.99 Å². The van der Waals surface area contributed by atoms with E-state index in [4.69, 9.17) is 32.9 Å². The van der Waals surface area contributed by atoms with E-state index in [-0.39, 0.29) is 18.0 Å². The number of carbonyl (C=O) groups excluding carboxylic acids is 2. The number of alkyl halides is 3. The third kappa shape index (κ3) is 14.2. The Morgan fingerprint density at radius 3 is 2.19 bits per heavy atom. The van der Waals surface area contributed by atoms with Gasteiger partial charge in [0.1, 0.15) is 24.8 Å². The minimum atomic E-state index is -4.39. The summed E-state index contributed by atoms with van der Waals surface area (Å²) in [7, 11) is 3.06. The standard InChI is InChI=1S/C26H28ClF3N8O2.C5H9NO.C5H12/c1-34-23(17-5-3-16(4-6-17)19-10-36-37(11-19)13-26(28,29)30)25(39)38(15-32)22(12-40-2)18-7-8-21(27)20(9-18)24(33)35-14-31;1-5(2-3-5)6-4-7;1-5(2,3)4/h3-11,14-15,22-23,32,34H,12-13H2,1-2H3,(H3,31,33,35);4H,2-3H2,1H3,(H,6,7);1-4H3. The Bertz CT molecular complexity index is 1660. The fourth-order valence-corrected chi connectivity index (χ4v) is 4.81. The van der Waals surface area contributed by atoms with Crippen LogP contribution in [0.2, 0.25) is 5.02 Å². The van der Waals surface area contributed by atoms with Crippen LogP contribution in [0.15, 0.2) is 59.9 Å². The molecule has 12 nitrogen and oxygen atoms in total. The maximum absolute atomic E-state index is 13.7. The van der Waals surface area contributed by atoms with E-state index in [2.05, 4.69) is 48.4 Å². The zero-order valence-electron chi connectivity index (χ0n) is 30.5. The average molecular weight is 748 g/mol. The second-order valence-corrected chi connectivity index (χ2v) is 14.3. The Labute approximate surface area is 308 Å². The second kappa shape index (κ2) is 19.3. The van der Waals surface area contributed by atoms with E-state index in [1.807, 2.05) is 6.92 Å². The highest BCUT2D eigenvalue weighted by Crippen LogP contribution is 2.33. The summed E-state index contributed by atoms with van der Waals surface area (Å²) in [6, 6.07) is 10.0. The number of ether oxygens (including phenoxy) is 1. The predicted molar refractivity (Wildman–Crippen MR) is 199 cm³/mol. The highest BCUT2D eigenvalue weighted by molar-refractivity contribution is 6.34. The van der Waals surface area contributed by atoms with Crippen molar-refractivity contribution in [1.29, 1.82) is 10.8 Å². The maximum Gasteiger partial charge on any atom is 0.408 e. The molecule has 2 unspecified atom stereocenters. The van der Waals surface area contributed by atoms with Gasteiger partial charge in [-0.1, -0.05) is 69.6 Å². The zero-order chi connectivity index (χ0) is 39.3. The van der Waals surface area contributed by atoms with Crippen molar-refractivity contribution in [3.05, 3.63) is 76.6 Å². The molecular weight excluding hydrogens is 699 g/mol. The third-order valence-corrected chi connectivity index (χ3v) is 7.73. The summed E-state index contributed by atoms with van der Waals surface area (Å²) >= 11 is 6.27. The monoisotopic (exact) mass is 747 g/mol. The molecule has 1 aliphatic carbocycles. The van der Waals surface area contributed by atoms with Crippen molar-refractivity contribution in [2.75, 3.05) is 20.8 Å². The number of nitrogens with one attached hydrogen (secondary N) is 4. The number of hydrogen-bond donors (Lipinski definition) is 5. The van der Waals surface area contributed by atoms with Crippen molar-refractivity contribution < 1.29 is 27.5 Å². The lowest BCUT2D eigenvalue weighted by Crippen LogP contribution is -2.42. The van der Waals surface area contributed by atoms with Gasteiger partial charge in [0.15, 0.2) is 0 Å². The van der Waals surface area contributed by atoms with Gasteiger partial charge >= 0.3 is 6.18 Å². The molecule has 6 N–H and O–H groups in total. The van der Waals surface area contributed by atoms with Crippen molar-refractivity contribution >= 4 is 42.4 Å². The molecule has 2 atom stereocenters. The van der Waals surface area contributed by atoms with Crippen molar-refractivity contribution in [3.8, 4) is 11.1 Å². The van der Waals surface area contributed by atoms with Crippen LogP contribution in [0.1, 0.15) is 76.2 Å². The normalized spacial score (nSPS) is 14.7. The molecule has 1 aromatic heterocycles. The summed E-state index contributed by atoms with van der Waals surface area (Å²) in [4.78, 5) is 28.4. The lowest BCUT2D eigenvalue weighted by atomic mass is 9.99. The van der Waals surface area contributed by atoms with E-state index in [1.54, 1.807) is 49.5 Å². The average Bonchev–Trinajstić information content (AvgIpc) is 3.61. The first-order chi connectivity index (χ1) is 24.3. The first kappa shape index (κ1) is 43.6. The minimum Gasteiger partial charge on any atom is -0.383 e.